The predicted octanol–water partition coefficient (Wildman–Crippen LogP) is 5.57. The Morgan fingerprint density at radius 3 is 2.18 bits per heavy atom. The van der Waals surface area contributed by atoms with Crippen molar-refractivity contribution in [2.45, 2.75) is 77.6 Å². The van der Waals surface area contributed by atoms with Crippen molar-refractivity contribution in [2.75, 3.05) is 19.6 Å². The second kappa shape index (κ2) is 9.74. The van der Waals surface area contributed by atoms with E-state index in [1.807, 2.05) is 6.92 Å². The van der Waals surface area contributed by atoms with E-state index in [-0.39, 0.29) is 12.5 Å². The lowest BCUT2D eigenvalue weighted by atomic mass is 9.73. The molecule has 0 aromatic heterocycles. The zero-order chi connectivity index (χ0) is 25.3. The number of rotatable bonds is 6. The molecule has 0 N–H and O–H groups in total. The average Bonchev–Trinajstić information content (AvgIpc) is 3.52. The first-order valence-electron chi connectivity index (χ1n) is 11.8. The Morgan fingerprint density at radius 2 is 1.71 bits per heavy atom. The van der Waals surface area contributed by atoms with Crippen molar-refractivity contribution in [3.63, 3.8) is 0 Å². The minimum atomic E-state index is -4.95. The number of halogens is 4. The number of amides is 2. The monoisotopic (exact) mass is 486 g/mol. The van der Waals surface area contributed by atoms with Gasteiger partial charge in [0, 0.05) is 25.7 Å². The fourth-order valence-electron chi connectivity index (χ4n) is 4.83. The van der Waals surface area contributed by atoms with Crippen LogP contribution < -0.4 is 0 Å². The highest BCUT2D eigenvalue weighted by atomic mass is 19.4. The van der Waals surface area contributed by atoms with Crippen LogP contribution in [-0.2, 0) is 16.0 Å². The largest absolute Gasteiger partial charge is 0.471 e. The molecule has 2 unspecified atom stereocenters. The Labute approximate surface area is 198 Å². The van der Waals surface area contributed by atoms with Crippen molar-refractivity contribution in [3.8, 4) is 0 Å². The minimum absolute atomic E-state index is 0.0496. The minimum Gasteiger partial charge on any atom is -0.444 e. The number of carbonyl (C=O) groups is 2. The first-order chi connectivity index (χ1) is 15.7. The Balaban J connectivity index is 1.84. The summed E-state index contributed by atoms with van der Waals surface area (Å²) in [6.45, 7) is 7.80. The van der Waals surface area contributed by atoms with E-state index in [4.69, 9.17) is 4.74 Å². The molecule has 1 aromatic rings. The lowest BCUT2D eigenvalue weighted by Crippen LogP contribution is -2.53. The summed E-state index contributed by atoms with van der Waals surface area (Å²) in [5.74, 6) is -2.13. The van der Waals surface area contributed by atoms with Crippen LogP contribution in [0.3, 0.4) is 0 Å². The predicted molar refractivity (Wildman–Crippen MR) is 120 cm³/mol. The first-order valence-corrected chi connectivity index (χ1v) is 11.8. The van der Waals surface area contributed by atoms with E-state index in [2.05, 4.69) is 0 Å². The van der Waals surface area contributed by atoms with Gasteiger partial charge < -0.3 is 14.5 Å². The quantitative estimate of drug-likeness (QED) is 0.494. The number of nitrogens with zero attached hydrogens (tertiary/aromatic N) is 2. The Kier molecular flexibility index (Phi) is 7.53. The van der Waals surface area contributed by atoms with Gasteiger partial charge in [-0.3, -0.25) is 4.79 Å². The maximum Gasteiger partial charge on any atom is 0.471 e. The van der Waals surface area contributed by atoms with Crippen LogP contribution in [0.5, 0.6) is 0 Å². The Morgan fingerprint density at radius 1 is 1.12 bits per heavy atom. The molecule has 0 spiro atoms. The highest BCUT2D eigenvalue weighted by molar-refractivity contribution is 5.82. The molecule has 1 aliphatic carbocycles. The van der Waals surface area contributed by atoms with Gasteiger partial charge in [-0.05, 0) is 75.5 Å². The molecule has 9 heteroatoms. The van der Waals surface area contributed by atoms with Crippen LogP contribution in [0.2, 0.25) is 0 Å². The molecule has 1 heterocycles. The number of benzene rings is 1. The van der Waals surface area contributed by atoms with Crippen molar-refractivity contribution < 1.29 is 31.9 Å². The maximum absolute atomic E-state index is 13.5. The number of carbonyl (C=O) groups excluding carboxylic acids is 2. The van der Waals surface area contributed by atoms with E-state index in [0.29, 0.717) is 45.2 Å². The van der Waals surface area contributed by atoms with Gasteiger partial charge in [0.1, 0.15) is 11.4 Å². The van der Waals surface area contributed by atoms with Crippen molar-refractivity contribution in [3.05, 3.63) is 35.6 Å². The molecule has 190 valence electrons. The third-order valence-corrected chi connectivity index (χ3v) is 6.79. The van der Waals surface area contributed by atoms with Crippen LogP contribution >= 0.6 is 0 Å². The molecule has 0 bridgehead atoms. The fourth-order valence-corrected chi connectivity index (χ4v) is 4.83. The molecule has 0 radical (unpaired) electrons. The van der Waals surface area contributed by atoms with Gasteiger partial charge in [-0.15, -0.1) is 0 Å². The van der Waals surface area contributed by atoms with Gasteiger partial charge >= 0.3 is 18.2 Å². The number of piperidine rings is 1. The molecule has 2 amide bonds. The molecule has 2 fully saturated rings. The van der Waals surface area contributed by atoms with Crippen molar-refractivity contribution in [2.24, 2.45) is 11.3 Å². The third kappa shape index (κ3) is 6.63. The van der Waals surface area contributed by atoms with E-state index in [9.17, 15) is 27.2 Å². The highest BCUT2D eigenvalue weighted by Gasteiger charge is 2.53. The molecule has 1 saturated carbocycles. The van der Waals surface area contributed by atoms with Gasteiger partial charge in [0.25, 0.3) is 0 Å². The average molecular weight is 487 g/mol. The second-order valence-corrected chi connectivity index (χ2v) is 10.7. The van der Waals surface area contributed by atoms with Crippen LogP contribution in [0.1, 0.15) is 58.9 Å². The number of ether oxygens (including phenoxy) is 1. The first kappa shape index (κ1) is 26.3. The zero-order valence-electron chi connectivity index (χ0n) is 20.3. The number of hydrogen-bond donors (Lipinski definition) is 0. The van der Waals surface area contributed by atoms with Crippen molar-refractivity contribution in [1.82, 2.24) is 9.80 Å². The maximum atomic E-state index is 13.5. The molecule has 2 aliphatic rings. The van der Waals surface area contributed by atoms with Crippen molar-refractivity contribution >= 4 is 12.0 Å². The summed E-state index contributed by atoms with van der Waals surface area (Å²) < 4.78 is 59.4. The number of hydrogen-bond acceptors (Lipinski definition) is 3. The molecule has 2 atom stereocenters. The lowest BCUT2D eigenvalue weighted by Gasteiger charge is -2.45. The topological polar surface area (TPSA) is 49.9 Å². The van der Waals surface area contributed by atoms with Gasteiger partial charge in [-0.2, -0.15) is 13.2 Å². The lowest BCUT2D eigenvalue weighted by molar-refractivity contribution is -0.188. The molecule has 3 rings (SSSR count). The summed E-state index contributed by atoms with van der Waals surface area (Å²) in [5.41, 5.74) is -0.538. The molecular weight excluding hydrogens is 452 g/mol. The summed E-state index contributed by atoms with van der Waals surface area (Å²) in [6.07, 6.45) is -2.92. The summed E-state index contributed by atoms with van der Waals surface area (Å²) in [4.78, 5) is 27.5. The van der Waals surface area contributed by atoms with Gasteiger partial charge in [-0.1, -0.05) is 25.5 Å². The number of likely N-dealkylation sites (tertiary alicyclic amines) is 1. The van der Waals surface area contributed by atoms with Crippen LogP contribution in [0.15, 0.2) is 24.3 Å². The van der Waals surface area contributed by atoms with Gasteiger partial charge in [0.2, 0.25) is 0 Å². The summed E-state index contributed by atoms with van der Waals surface area (Å²) in [7, 11) is 0. The van der Waals surface area contributed by atoms with E-state index in [0.717, 1.165) is 10.5 Å². The highest BCUT2D eigenvalue weighted by Crippen LogP contribution is 2.44. The fraction of sp³-hybridized carbons (Fsp3) is 0.680. The molecule has 1 aromatic carbocycles. The molecule has 1 aliphatic heterocycles. The van der Waals surface area contributed by atoms with Crippen LogP contribution in [0, 0.1) is 17.2 Å². The molecule has 1 saturated heterocycles. The molecular formula is C25H34F4N2O3. The van der Waals surface area contributed by atoms with Gasteiger partial charge in [0.05, 0.1) is 0 Å². The summed E-state index contributed by atoms with van der Waals surface area (Å²) >= 11 is 0. The summed E-state index contributed by atoms with van der Waals surface area (Å²) in [5, 5.41) is 0. The smallest absolute Gasteiger partial charge is 0.444 e. The van der Waals surface area contributed by atoms with Gasteiger partial charge in [0.15, 0.2) is 0 Å². The van der Waals surface area contributed by atoms with E-state index >= 15 is 0 Å². The Bertz CT molecular complexity index is 872. The van der Waals surface area contributed by atoms with E-state index in [1.165, 1.54) is 12.1 Å². The van der Waals surface area contributed by atoms with Gasteiger partial charge in [-0.25, -0.2) is 9.18 Å². The van der Waals surface area contributed by atoms with Crippen LogP contribution in [0.4, 0.5) is 22.4 Å². The molecule has 5 nitrogen and oxygen atoms in total. The van der Waals surface area contributed by atoms with E-state index in [1.54, 1.807) is 37.8 Å². The SMILES string of the molecule is CCC1CC1N(CC1(Cc2ccc(F)cc2)CCN(C(=O)OC(C)(C)C)CC1)C(=O)C(F)(F)F. The Hall–Kier alpha value is -2.32. The van der Waals surface area contributed by atoms with Crippen LogP contribution in [-0.4, -0.2) is 59.3 Å². The number of alkyl halides is 3. The molecule has 34 heavy (non-hydrogen) atoms. The zero-order valence-corrected chi connectivity index (χ0v) is 20.3. The summed E-state index contributed by atoms with van der Waals surface area (Å²) in [6, 6.07) is 5.48. The normalized spacial score (nSPS) is 22.3. The third-order valence-electron chi connectivity index (χ3n) is 6.79. The van der Waals surface area contributed by atoms with Crippen LogP contribution in [0.25, 0.3) is 0 Å². The van der Waals surface area contributed by atoms with Crippen molar-refractivity contribution in [1.29, 1.82) is 0 Å². The second-order valence-electron chi connectivity index (χ2n) is 10.7. The van der Waals surface area contributed by atoms with E-state index < -0.39 is 41.1 Å². The standard InChI is InChI=1S/C25H34F4N2O3/c1-5-18-14-20(18)31(21(32)25(27,28)29)16-24(15-17-6-8-19(26)9-7-17)10-12-30(13-11-24)22(33)34-23(2,3)4/h6-9,18,20H,5,10-16H2,1-4H3.